The Kier molecular flexibility index (Phi) is 4.81. The zero-order chi connectivity index (χ0) is 26.9. The molecule has 0 radical (unpaired) electrons. The Morgan fingerprint density at radius 2 is 1.13 bits per heavy atom. The predicted octanol–water partition coefficient (Wildman–Crippen LogP) is 5.52. The molecule has 0 saturated heterocycles. The molecule has 7 heteroatoms. The fourth-order valence-electron chi connectivity index (χ4n) is 6.34. The molecule has 6 aromatic rings. The molecule has 1 aliphatic carbocycles. The number of aromatic nitrogens is 4. The van der Waals surface area contributed by atoms with Crippen LogP contribution in [0.5, 0.6) is 0 Å². The van der Waals surface area contributed by atoms with E-state index >= 15 is 0 Å². The zero-order valence-electron chi connectivity index (χ0n) is 21.6. The maximum atomic E-state index is 14.9. The van der Waals surface area contributed by atoms with Crippen molar-refractivity contribution in [2.45, 2.75) is 19.3 Å². The van der Waals surface area contributed by atoms with Crippen molar-refractivity contribution in [3.63, 3.8) is 0 Å². The van der Waals surface area contributed by atoms with Crippen LogP contribution in [0, 0.1) is 13.8 Å². The highest BCUT2D eigenvalue weighted by Gasteiger charge is 2.55. The molecule has 0 aliphatic heterocycles. The van der Waals surface area contributed by atoms with Crippen LogP contribution in [0.4, 0.5) is 11.6 Å². The van der Waals surface area contributed by atoms with E-state index in [9.17, 15) is 4.79 Å². The summed E-state index contributed by atoms with van der Waals surface area (Å²) >= 11 is 0. The molecule has 0 unspecified atom stereocenters. The van der Waals surface area contributed by atoms with Gasteiger partial charge in [-0.05, 0) is 54.4 Å². The van der Waals surface area contributed by atoms with Crippen molar-refractivity contribution >= 4 is 28.2 Å². The summed E-state index contributed by atoms with van der Waals surface area (Å²) in [5, 5.41) is 11.6. The Hall–Kier alpha value is -5.17. The number of nitrogens with zero attached hydrogens (tertiary/aromatic N) is 4. The summed E-state index contributed by atoms with van der Waals surface area (Å²) in [7, 11) is 0. The highest BCUT2D eigenvalue weighted by molar-refractivity contribution is 6.24. The fourth-order valence-corrected chi connectivity index (χ4v) is 6.34. The van der Waals surface area contributed by atoms with E-state index in [2.05, 4.69) is 0 Å². The number of rotatable bonds is 4. The molecular formula is C32H26N6O. The normalized spacial score (nSPS) is 13.8. The molecule has 190 valence electrons. The number of carbonyl (C=O) groups is 1. The van der Waals surface area contributed by atoms with Gasteiger partial charge in [-0.3, -0.25) is 4.79 Å². The van der Waals surface area contributed by atoms with Gasteiger partial charge in [0.1, 0.15) is 17.1 Å². The number of nitrogens with two attached hydrogens (primary N) is 2. The summed E-state index contributed by atoms with van der Waals surface area (Å²) in [5.74, 6) is 0.699. The van der Waals surface area contributed by atoms with Gasteiger partial charge in [0.05, 0.1) is 22.8 Å². The van der Waals surface area contributed by atoms with Crippen molar-refractivity contribution in [3.8, 4) is 11.4 Å². The van der Waals surface area contributed by atoms with Crippen LogP contribution in [0.25, 0.3) is 22.1 Å². The van der Waals surface area contributed by atoms with E-state index in [1.54, 1.807) is 9.36 Å². The third-order valence-electron chi connectivity index (χ3n) is 7.84. The molecule has 2 aromatic heterocycles. The molecule has 0 fully saturated rings. The average molecular weight is 511 g/mol. The van der Waals surface area contributed by atoms with Gasteiger partial charge in [0.25, 0.3) is 0 Å². The van der Waals surface area contributed by atoms with E-state index in [1.165, 1.54) is 0 Å². The van der Waals surface area contributed by atoms with Crippen molar-refractivity contribution in [2.75, 3.05) is 11.5 Å². The lowest BCUT2D eigenvalue weighted by molar-refractivity contribution is 0.0944. The number of hydrogen-bond acceptors (Lipinski definition) is 5. The number of hydrogen-bond donors (Lipinski definition) is 2. The minimum absolute atomic E-state index is 0.0841. The Bertz CT molecular complexity index is 1820. The van der Waals surface area contributed by atoms with Crippen molar-refractivity contribution in [1.82, 2.24) is 19.6 Å². The Morgan fingerprint density at radius 1 is 0.641 bits per heavy atom. The minimum atomic E-state index is -1.33. The van der Waals surface area contributed by atoms with Crippen molar-refractivity contribution < 1.29 is 4.79 Å². The second-order valence-electron chi connectivity index (χ2n) is 9.97. The van der Waals surface area contributed by atoms with Crippen LogP contribution in [0.2, 0.25) is 0 Å². The summed E-state index contributed by atoms with van der Waals surface area (Å²) in [6.45, 7) is 3.80. The maximum absolute atomic E-state index is 14.9. The molecule has 39 heavy (non-hydrogen) atoms. The number of benzene rings is 4. The van der Waals surface area contributed by atoms with Gasteiger partial charge in [-0.15, -0.1) is 0 Å². The third kappa shape index (κ3) is 2.95. The smallest absolute Gasteiger partial charge is 0.183 e. The largest absolute Gasteiger partial charge is 0.383 e. The molecule has 4 N–H and O–H groups in total. The van der Waals surface area contributed by atoms with Crippen LogP contribution in [0.15, 0.2) is 97.1 Å². The monoisotopic (exact) mass is 510 g/mol. The first-order valence-corrected chi connectivity index (χ1v) is 12.8. The van der Waals surface area contributed by atoms with Gasteiger partial charge in [0, 0.05) is 16.7 Å². The number of para-hydroxylation sites is 2. The van der Waals surface area contributed by atoms with Crippen molar-refractivity contribution in [1.29, 1.82) is 0 Å². The van der Waals surface area contributed by atoms with E-state index in [1.807, 2.05) is 111 Å². The molecular weight excluding hydrogens is 484 g/mol. The molecule has 4 aromatic carbocycles. The van der Waals surface area contributed by atoms with E-state index in [4.69, 9.17) is 21.7 Å². The van der Waals surface area contributed by atoms with Crippen molar-refractivity contribution in [2.24, 2.45) is 0 Å². The van der Waals surface area contributed by atoms with Gasteiger partial charge in [0.15, 0.2) is 5.78 Å². The lowest BCUT2D eigenvalue weighted by Crippen LogP contribution is -2.37. The SMILES string of the molecule is Cc1nn(-c2ccccc2)c(N)c1C1(c2c(C)nn(-c3ccccc3)c2N)C(=O)c2cccc3cccc1c23. The number of Topliss-reactive ketones (excluding diaryl/α,β-unsaturated/α-hetero) is 1. The van der Waals surface area contributed by atoms with Crippen LogP contribution < -0.4 is 11.5 Å². The van der Waals surface area contributed by atoms with Crippen LogP contribution in [0.1, 0.15) is 38.4 Å². The predicted molar refractivity (Wildman–Crippen MR) is 154 cm³/mol. The molecule has 7 nitrogen and oxygen atoms in total. The van der Waals surface area contributed by atoms with Gasteiger partial charge in [-0.25, -0.2) is 9.36 Å². The highest BCUT2D eigenvalue weighted by Crippen LogP contribution is 2.55. The maximum Gasteiger partial charge on any atom is 0.183 e. The third-order valence-corrected chi connectivity index (χ3v) is 7.84. The minimum Gasteiger partial charge on any atom is -0.383 e. The molecule has 0 bridgehead atoms. The first kappa shape index (κ1) is 23.0. The Labute approximate surface area is 225 Å². The second-order valence-corrected chi connectivity index (χ2v) is 9.97. The fraction of sp³-hybridized carbons (Fsp3) is 0.0938. The summed E-state index contributed by atoms with van der Waals surface area (Å²) in [6, 6.07) is 31.2. The topological polar surface area (TPSA) is 105 Å². The molecule has 2 heterocycles. The lowest BCUT2D eigenvalue weighted by atomic mass is 9.68. The molecule has 0 atom stereocenters. The van der Waals surface area contributed by atoms with Gasteiger partial charge in [-0.1, -0.05) is 72.8 Å². The molecule has 7 rings (SSSR count). The van der Waals surface area contributed by atoms with Crippen LogP contribution >= 0.6 is 0 Å². The summed E-state index contributed by atoms with van der Waals surface area (Å²) in [6.07, 6.45) is 0. The van der Waals surface area contributed by atoms with Crippen LogP contribution in [-0.2, 0) is 5.41 Å². The van der Waals surface area contributed by atoms with E-state index in [-0.39, 0.29) is 5.78 Å². The number of nitrogen functional groups attached to an aromatic ring is 2. The van der Waals surface area contributed by atoms with Gasteiger partial charge in [-0.2, -0.15) is 10.2 Å². The van der Waals surface area contributed by atoms with E-state index < -0.39 is 5.41 Å². The summed E-state index contributed by atoms with van der Waals surface area (Å²) in [5.41, 5.74) is 18.3. The zero-order valence-corrected chi connectivity index (χ0v) is 21.6. The van der Waals surface area contributed by atoms with E-state index in [0.717, 1.165) is 27.7 Å². The number of carbonyl (C=O) groups excluding carboxylic acids is 1. The number of ketones is 1. The van der Waals surface area contributed by atoms with Crippen LogP contribution in [-0.4, -0.2) is 25.3 Å². The van der Waals surface area contributed by atoms with Gasteiger partial charge in [0.2, 0.25) is 0 Å². The summed E-state index contributed by atoms with van der Waals surface area (Å²) < 4.78 is 3.41. The number of anilines is 2. The highest BCUT2D eigenvalue weighted by atomic mass is 16.1. The van der Waals surface area contributed by atoms with Crippen molar-refractivity contribution in [3.05, 3.63) is 131 Å². The van der Waals surface area contributed by atoms with Crippen LogP contribution in [0.3, 0.4) is 0 Å². The Balaban J connectivity index is 1.63. The molecule has 0 saturated carbocycles. The Morgan fingerprint density at radius 3 is 1.64 bits per heavy atom. The first-order chi connectivity index (χ1) is 18.9. The first-order valence-electron chi connectivity index (χ1n) is 12.8. The quantitative estimate of drug-likeness (QED) is 0.325. The average Bonchev–Trinajstić information content (AvgIpc) is 3.53. The standard InChI is InChI=1S/C32H26N6O/c1-19-27(30(33)37(35-19)22-13-5-3-6-14-22)32(25-18-10-12-21-11-9-17-24(26(21)25)29(32)39)28-20(2)36-38(31(28)34)23-15-7-4-8-16-23/h3-18H,33-34H2,1-2H3. The molecule has 0 amide bonds. The second kappa shape index (κ2) is 8.16. The van der Waals surface area contributed by atoms with E-state index in [0.29, 0.717) is 39.7 Å². The van der Waals surface area contributed by atoms with Gasteiger partial charge < -0.3 is 11.5 Å². The van der Waals surface area contributed by atoms with Gasteiger partial charge >= 0.3 is 0 Å². The molecule has 0 spiro atoms. The molecule has 1 aliphatic rings. The summed E-state index contributed by atoms with van der Waals surface area (Å²) in [4.78, 5) is 14.9. The number of aryl methyl sites for hydroxylation is 2. The lowest BCUT2D eigenvalue weighted by Gasteiger charge is -2.30.